The Morgan fingerprint density at radius 2 is 0.938 bits per heavy atom. The van der Waals surface area contributed by atoms with Gasteiger partial charge in [-0.05, 0) is 70.1 Å². The van der Waals surface area contributed by atoms with Crippen molar-refractivity contribution in [2.24, 2.45) is 9.98 Å². The van der Waals surface area contributed by atoms with Crippen molar-refractivity contribution in [1.82, 2.24) is 4.98 Å². The monoisotopic (exact) mass is 655 g/mol. The molecule has 0 N–H and O–H groups in total. The van der Waals surface area contributed by atoms with E-state index in [0.717, 1.165) is 12.1 Å². The van der Waals surface area contributed by atoms with Crippen LogP contribution in [0.5, 0.6) is 0 Å². The lowest BCUT2D eigenvalue weighted by atomic mass is 10.00. The molecule has 234 valence electrons. The second kappa shape index (κ2) is 10.7. The van der Waals surface area contributed by atoms with E-state index in [2.05, 4.69) is 9.98 Å². The SMILES string of the molecule is N#C/N=c1\c2cc(-c3ccc(F)c(C(F)(F)F)c3)ccc2c2nc3/c(=N/C#N)c4cc(-c5ccc(F)c(C(F)(F)F)c5)ccc4c3cc12. The molecule has 0 aliphatic heterocycles. The van der Waals surface area contributed by atoms with E-state index in [0.29, 0.717) is 61.1 Å². The lowest BCUT2D eigenvalue weighted by Crippen LogP contribution is -2.08. The molecule has 1 heterocycles. The number of pyridine rings is 1. The highest BCUT2D eigenvalue weighted by Gasteiger charge is 2.35. The molecule has 48 heavy (non-hydrogen) atoms. The van der Waals surface area contributed by atoms with Crippen molar-refractivity contribution in [3.05, 3.63) is 112 Å². The quantitative estimate of drug-likeness (QED) is 0.138. The summed E-state index contributed by atoms with van der Waals surface area (Å²) in [5, 5.41) is 22.0. The van der Waals surface area contributed by atoms with Crippen LogP contribution in [0.15, 0.2) is 88.8 Å². The fourth-order valence-corrected chi connectivity index (χ4v) is 6.02. The van der Waals surface area contributed by atoms with Gasteiger partial charge in [-0.15, -0.1) is 0 Å². The van der Waals surface area contributed by atoms with E-state index in [-0.39, 0.29) is 27.4 Å². The van der Waals surface area contributed by atoms with Crippen molar-refractivity contribution in [2.75, 3.05) is 0 Å². The molecule has 0 bridgehead atoms. The zero-order valence-corrected chi connectivity index (χ0v) is 23.8. The second-order valence-electron chi connectivity index (χ2n) is 10.8. The number of fused-ring (bicyclic) bond motifs is 6. The molecule has 7 aromatic rings. The van der Waals surface area contributed by atoms with Gasteiger partial charge >= 0.3 is 12.4 Å². The standard InChI is InChI=1S/C35H13F8N5/c36-28-7-3-18(11-26(28)34(38,39)40)16-1-5-20-22(9-16)32(47-15-45)33-24(20)13-25-30(46-14-44)23-10-17(2-6-21(23)31(25)48-33)19-4-8-29(37)27(12-19)35(41,42)43/h1-13H/b46-30+,47-32+. The number of aromatic nitrogens is 1. The van der Waals surface area contributed by atoms with Gasteiger partial charge in [-0.1, -0.05) is 36.4 Å². The summed E-state index contributed by atoms with van der Waals surface area (Å²) >= 11 is 0. The Morgan fingerprint density at radius 1 is 0.479 bits per heavy atom. The van der Waals surface area contributed by atoms with Crippen LogP contribution in [-0.4, -0.2) is 4.98 Å². The first-order chi connectivity index (χ1) is 22.8. The van der Waals surface area contributed by atoms with Crippen LogP contribution < -0.4 is 10.7 Å². The van der Waals surface area contributed by atoms with Crippen molar-refractivity contribution < 1.29 is 35.1 Å². The number of hydrogen-bond acceptors (Lipinski definition) is 5. The van der Waals surface area contributed by atoms with E-state index < -0.39 is 35.1 Å². The minimum Gasteiger partial charge on any atom is -0.245 e. The zero-order valence-electron chi connectivity index (χ0n) is 23.8. The summed E-state index contributed by atoms with van der Waals surface area (Å²) in [6.45, 7) is 0. The molecule has 6 aromatic carbocycles. The van der Waals surface area contributed by atoms with E-state index in [1.54, 1.807) is 30.6 Å². The van der Waals surface area contributed by atoms with Crippen molar-refractivity contribution in [2.45, 2.75) is 12.4 Å². The predicted octanol–water partition coefficient (Wildman–Crippen LogP) is 8.98. The van der Waals surface area contributed by atoms with Gasteiger partial charge in [-0.2, -0.15) is 46.9 Å². The average molecular weight is 656 g/mol. The number of nitrogens with zero attached hydrogens (tertiary/aromatic N) is 5. The van der Waals surface area contributed by atoms with Crippen molar-refractivity contribution in [3.63, 3.8) is 0 Å². The molecular formula is C35H13F8N5. The molecule has 0 radical (unpaired) electrons. The zero-order chi connectivity index (χ0) is 34.1. The molecule has 0 spiro atoms. The molecule has 0 amide bonds. The first-order valence-corrected chi connectivity index (χ1v) is 13.8. The Labute approximate surface area is 263 Å². The highest BCUT2D eigenvalue weighted by atomic mass is 19.4. The van der Waals surface area contributed by atoms with Crippen LogP contribution in [0.2, 0.25) is 0 Å². The molecule has 0 aliphatic rings. The van der Waals surface area contributed by atoms with Gasteiger partial charge in [-0.3, -0.25) is 0 Å². The highest BCUT2D eigenvalue weighted by Crippen LogP contribution is 2.38. The summed E-state index contributed by atoms with van der Waals surface area (Å²) in [6, 6.07) is 16.2. The van der Waals surface area contributed by atoms with Crippen LogP contribution in [0.4, 0.5) is 35.1 Å². The molecular weight excluding hydrogens is 642 g/mol. The maximum absolute atomic E-state index is 14.0. The Kier molecular flexibility index (Phi) is 6.77. The number of rotatable bonds is 2. The van der Waals surface area contributed by atoms with Crippen LogP contribution in [0.25, 0.3) is 65.6 Å². The molecule has 5 nitrogen and oxygen atoms in total. The third-order valence-corrected chi connectivity index (χ3v) is 8.13. The number of halogens is 8. The lowest BCUT2D eigenvalue weighted by Gasteiger charge is -2.10. The summed E-state index contributed by atoms with van der Waals surface area (Å²) < 4.78 is 108. The molecule has 0 unspecified atom stereocenters. The first kappa shape index (κ1) is 30.4. The van der Waals surface area contributed by atoms with E-state index in [4.69, 9.17) is 4.98 Å². The van der Waals surface area contributed by atoms with Gasteiger partial charge < -0.3 is 0 Å². The van der Waals surface area contributed by atoms with Crippen molar-refractivity contribution in [1.29, 1.82) is 10.5 Å². The fourth-order valence-electron chi connectivity index (χ4n) is 6.02. The summed E-state index contributed by atoms with van der Waals surface area (Å²) in [5.74, 6) is -2.84. The van der Waals surface area contributed by atoms with Gasteiger partial charge in [0, 0.05) is 26.9 Å². The molecule has 0 atom stereocenters. The fraction of sp³-hybridized carbons (Fsp3) is 0.0571. The third kappa shape index (κ3) is 4.79. The largest absolute Gasteiger partial charge is 0.419 e. The van der Waals surface area contributed by atoms with Crippen molar-refractivity contribution >= 4 is 43.4 Å². The van der Waals surface area contributed by atoms with Crippen LogP contribution in [0.1, 0.15) is 11.1 Å². The van der Waals surface area contributed by atoms with Crippen LogP contribution in [0, 0.1) is 34.5 Å². The normalized spacial score (nSPS) is 13.2. The number of hydrogen-bond donors (Lipinski definition) is 0. The van der Waals surface area contributed by atoms with Gasteiger partial charge in [0.1, 0.15) is 17.0 Å². The van der Waals surface area contributed by atoms with Gasteiger partial charge in [0.2, 0.25) is 12.4 Å². The molecule has 1 aromatic heterocycles. The molecule has 7 rings (SSSR count). The minimum absolute atomic E-state index is 0.0749. The topological polar surface area (TPSA) is 85.2 Å². The molecule has 0 fully saturated rings. The van der Waals surface area contributed by atoms with E-state index in [9.17, 15) is 45.6 Å². The van der Waals surface area contributed by atoms with E-state index in [1.165, 1.54) is 36.4 Å². The Balaban J connectivity index is 1.48. The summed E-state index contributed by atoms with van der Waals surface area (Å²) in [7, 11) is 0. The van der Waals surface area contributed by atoms with Gasteiger partial charge in [0.15, 0.2) is 0 Å². The Morgan fingerprint density at radius 3 is 1.46 bits per heavy atom. The average Bonchev–Trinajstić information content (AvgIpc) is 3.50. The summed E-state index contributed by atoms with van der Waals surface area (Å²) in [4.78, 5) is 12.7. The number of benzene rings is 4. The van der Waals surface area contributed by atoms with E-state index in [1.807, 2.05) is 0 Å². The summed E-state index contributed by atoms with van der Waals surface area (Å²) in [6.07, 6.45) is -6.38. The minimum atomic E-state index is -4.92. The Bertz CT molecular complexity index is 2510. The predicted molar refractivity (Wildman–Crippen MR) is 160 cm³/mol. The Hall–Kier alpha value is -6.21. The molecule has 0 aliphatic carbocycles. The lowest BCUT2D eigenvalue weighted by molar-refractivity contribution is -0.140. The van der Waals surface area contributed by atoms with Crippen molar-refractivity contribution in [3.8, 4) is 34.6 Å². The molecule has 0 saturated heterocycles. The van der Waals surface area contributed by atoms with Crippen LogP contribution in [-0.2, 0) is 12.4 Å². The molecule has 0 saturated carbocycles. The van der Waals surface area contributed by atoms with Crippen LogP contribution >= 0.6 is 0 Å². The van der Waals surface area contributed by atoms with E-state index >= 15 is 0 Å². The number of nitriles is 2. The maximum Gasteiger partial charge on any atom is 0.419 e. The summed E-state index contributed by atoms with van der Waals surface area (Å²) in [5.41, 5.74) is -1.52. The van der Waals surface area contributed by atoms with Gasteiger partial charge in [-0.25, -0.2) is 13.8 Å². The van der Waals surface area contributed by atoms with Gasteiger partial charge in [0.25, 0.3) is 0 Å². The maximum atomic E-state index is 14.0. The molecule has 13 heteroatoms. The van der Waals surface area contributed by atoms with Gasteiger partial charge in [0.05, 0.1) is 27.5 Å². The highest BCUT2D eigenvalue weighted by molar-refractivity contribution is 6.18. The smallest absolute Gasteiger partial charge is 0.245 e. The second-order valence-corrected chi connectivity index (χ2v) is 10.8. The third-order valence-electron chi connectivity index (χ3n) is 8.13. The first-order valence-electron chi connectivity index (χ1n) is 13.8. The van der Waals surface area contributed by atoms with Crippen LogP contribution in [0.3, 0.4) is 0 Å². The number of alkyl halides is 6.